The van der Waals surface area contributed by atoms with E-state index in [4.69, 9.17) is 16.3 Å². The fourth-order valence-electron chi connectivity index (χ4n) is 2.32. The first-order valence-corrected chi connectivity index (χ1v) is 7.76. The van der Waals surface area contributed by atoms with Gasteiger partial charge in [-0.1, -0.05) is 11.6 Å². The van der Waals surface area contributed by atoms with Gasteiger partial charge in [-0.15, -0.1) is 11.3 Å². The van der Waals surface area contributed by atoms with Crippen molar-refractivity contribution >= 4 is 28.8 Å². The number of halogens is 1. The summed E-state index contributed by atoms with van der Waals surface area (Å²) in [6.07, 6.45) is 5.78. The molecule has 2 aromatic rings. The van der Waals surface area contributed by atoms with Gasteiger partial charge in [-0.2, -0.15) is 0 Å². The Kier molecular flexibility index (Phi) is 4.10. The van der Waals surface area contributed by atoms with E-state index in [1.54, 1.807) is 6.20 Å². The van der Waals surface area contributed by atoms with Crippen molar-refractivity contribution in [2.75, 3.05) is 13.2 Å². The Balaban J connectivity index is 1.70. The monoisotopic (exact) mass is 310 g/mol. The second-order valence-electron chi connectivity index (χ2n) is 4.73. The van der Waals surface area contributed by atoms with E-state index in [1.807, 2.05) is 18.3 Å². The van der Waals surface area contributed by atoms with Crippen molar-refractivity contribution in [2.24, 2.45) is 0 Å². The van der Waals surface area contributed by atoms with Crippen LogP contribution in [0.4, 0.5) is 0 Å². The number of carbonyl (C=O) groups excluding carboxylic acids is 1. The number of thiophene rings is 1. The van der Waals surface area contributed by atoms with Crippen LogP contribution in [-0.2, 0) is 4.74 Å². The molecule has 2 N–H and O–H groups in total. The fraction of sp³-hybridized carbons (Fsp3) is 0.357. The molecule has 2 aromatic heterocycles. The summed E-state index contributed by atoms with van der Waals surface area (Å²) in [5.74, 6) is -0.0822. The van der Waals surface area contributed by atoms with Gasteiger partial charge in [-0.3, -0.25) is 4.79 Å². The molecule has 1 fully saturated rings. The molecule has 1 amide bonds. The molecule has 0 saturated carbocycles. The molecule has 0 unspecified atom stereocenters. The van der Waals surface area contributed by atoms with E-state index in [0.717, 1.165) is 29.9 Å². The van der Waals surface area contributed by atoms with Crippen molar-refractivity contribution in [1.29, 1.82) is 0 Å². The minimum Gasteiger partial charge on any atom is -0.376 e. The van der Waals surface area contributed by atoms with Gasteiger partial charge in [0.25, 0.3) is 5.91 Å². The van der Waals surface area contributed by atoms with Crippen molar-refractivity contribution in [3.63, 3.8) is 0 Å². The highest BCUT2D eigenvalue weighted by Gasteiger charge is 2.19. The number of amides is 1. The summed E-state index contributed by atoms with van der Waals surface area (Å²) < 4.78 is 6.22. The maximum absolute atomic E-state index is 12.2. The zero-order valence-electron chi connectivity index (χ0n) is 10.8. The third-order valence-corrected chi connectivity index (χ3v) is 4.61. The summed E-state index contributed by atoms with van der Waals surface area (Å²) in [6.45, 7) is 1.36. The standard InChI is InChI=1S/C14H15ClN2O2S/c15-13-4-3-12(20-13)10-7-16-8-11(10)14(18)17-6-9-2-1-5-19-9/h3-4,7-9,16H,1-2,5-6H2,(H,17,18)/t9-/m0/s1. The third-order valence-electron chi connectivity index (χ3n) is 3.34. The first kappa shape index (κ1) is 13.7. The molecule has 0 bridgehead atoms. The lowest BCUT2D eigenvalue weighted by Crippen LogP contribution is -2.31. The van der Waals surface area contributed by atoms with E-state index in [1.165, 1.54) is 11.3 Å². The first-order chi connectivity index (χ1) is 9.74. The molecule has 0 spiro atoms. The van der Waals surface area contributed by atoms with Gasteiger partial charge in [-0.25, -0.2) is 0 Å². The van der Waals surface area contributed by atoms with E-state index in [0.29, 0.717) is 16.4 Å². The number of rotatable bonds is 4. The van der Waals surface area contributed by atoms with Crippen molar-refractivity contribution in [1.82, 2.24) is 10.3 Å². The summed E-state index contributed by atoms with van der Waals surface area (Å²) >= 11 is 7.41. The number of carbonyl (C=O) groups is 1. The molecule has 20 heavy (non-hydrogen) atoms. The van der Waals surface area contributed by atoms with Crippen LogP contribution in [0.3, 0.4) is 0 Å². The van der Waals surface area contributed by atoms with Crippen LogP contribution in [0.5, 0.6) is 0 Å². The zero-order valence-corrected chi connectivity index (χ0v) is 12.4. The predicted molar refractivity (Wildman–Crippen MR) is 80.4 cm³/mol. The third kappa shape index (κ3) is 2.90. The average molecular weight is 311 g/mol. The smallest absolute Gasteiger partial charge is 0.253 e. The quantitative estimate of drug-likeness (QED) is 0.910. The number of hydrogen-bond donors (Lipinski definition) is 2. The van der Waals surface area contributed by atoms with Gasteiger partial charge in [0.05, 0.1) is 16.0 Å². The molecule has 3 rings (SSSR count). The van der Waals surface area contributed by atoms with E-state index in [-0.39, 0.29) is 12.0 Å². The summed E-state index contributed by atoms with van der Waals surface area (Å²) in [5, 5.41) is 2.93. The van der Waals surface area contributed by atoms with Crippen molar-refractivity contribution in [3.8, 4) is 10.4 Å². The van der Waals surface area contributed by atoms with Crippen LogP contribution in [0.2, 0.25) is 4.34 Å². The number of hydrogen-bond acceptors (Lipinski definition) is 3. The molecular formula is C14H15ClN2O2S. The van der Waals surface area contributed by atoms with E-state index in [2.05, 4.69) is 10.3 Å². The fourth-order valence-corrected chi connectivity index (χ4v) is 3.40. The Hall–Kier alpha value is -1.30. The Morgan fingerprint density at radius 3 is 3.10 bits per heavy atom. The maximum atomic E-state index is 12.2. The molecule has 1 saturated heterocycles. The highest BCUT2D eigenvalue weighted by molar-refractivity contribution is 7.19. The van der Waals surface area contributed by atoms with Crippen LogP contribution >= 0.6 is 22.9 Å². The molecule has 0 aliphatic carbocycles. The Morgan fingerprint density at radius 2 is 2.40 bits per heavy atom. The first-order valence-electron chi connectivity index (χ1n) is 6.56. The van der Waals surface area contributed by atoms with Crippen LogP contribution in [-0.4, -0.2) is 30.1 Å². The minimum atomic E-state index is -0.0822. The molecule has 1 atom stereocenters. The number of aromatic amines is 1. The van der Waals surface area contributed by atoms with E-state index >= 15 is 0 Å². The van der Waals surface area contributed by atoms with Crippen LogP contribution in [0.15, 0.2) is 24.5 Å². The lowest BCUT2D eigenvalue weighted by molar-refractivity contribution is 0.0858. The molecule has 1 aliphatic rings. The van der Waals surface area contributed by atoms with Gasteiger partial charge in [0.15, 0.2) is 0 Å². The van der Waals surface area contributed by atoms with Crippen molar-refractivity contribution < 1.29 is 9.53 Å². The summed E-state index contributed by atoms with van der Waals surface area (Å²) in [7, 11) is 0. The summed E-state index contributed by atoms with van der Waals surface area (Å²) in [5.41, 5.74) is 1.52. The molecule has 4 nitrogen and oxygen atoms in total. The maximum Gasteiger partial charge on any atom is 0.253 e. The van der Waals surface area contributed by atoms with Gasteiger partial charge >= 0.3 is 0 Å². The Bertz CT molecular complexity index is 602. The lowest BCUT2D eigenvalue weighted by Gasteiger charge is -2.10. The molecule has 6 heteroatoms. The molecule has 1 aliphatic heterocycles. The average Bonchev–Trinajstić information content (AvgIpc) is 3.16. The molecule has 0 aromatic carbocycles. The molecule has 0 radical (unpaired) electrons. The predicted octanol–water partition coefficient (Wildman–Crippen LogP) is 3.31. The minimum absolute atomic E-state index is 0.0822. The van der Waals surface area contributed by atoms with Crippen molar-refractivity contribution in [2.45, 2.75) is 18.9 Å². The largest absolute Gasteiger partial charge is 0.376 e. The van der Waals surface area contributed by atoms with Gasteiger partial charge in [0, 0.05) is 36.0 Å². The second kappa shape index (κ2) is 5.99. The normalized spacial score (nSPS) is 18.4. The molecular weight excluding hydrogens is 296 g/mol. The van der Waals surface area contributed by atoms with Gasteiger partial charge in [-0.05, 0) is 25.0 Å². The topological polar surface area (TPSA) is 54.1 Å². The number of aromatic nitrogens is 1. The highest BCUT2D eigenvalue weighted by Crippen LogP contribution is 2.33. The number of nitrogens with one attached hydrogen (secondary N) is 2. The van der Waals surface area contributed by atoms with Gasteiger partial charge in [0.1, 0.15) is 0 Å². The van der Waals surface area contributed by atoms with Gasteiger partial charge < -0.3 is 15.0 Å². The molecule has 3 heterocycles. The van der Waals surface area contributed by atoms with E-state index in [9.17, 15) is 4.79 Å². The Morgan fingerprint density at radius 1 is 1.50 bits per heavy atom. The van der Waals surface area contributed by atoms with Crippen LogP contribution < -0.4 is 5.32 Å². The lowest BCUT2D eigenvalue weighted by atomic mass is 10.1. The van der Waals surface area contributed by atoms with E-state index < -0.39 is 0 Å². The number of ether oxygens (including phenoxy) is 1. The van der Waals surface area contributed by atoms with Crippen molar-refractivity contribution in [3.05, 3.63) is 34.4 Å². The summed E-state index contributed by atoms with van der Waals surface area (Å²) in [4.78, 5) is 16.2. The number of H-pyrrole nitrogens is 1. The zero-order chi connectivity index (χ0) is 13.9. The second-order valence-corrected chi connectivity index (χ2v) is 6.45. The SMILES string of the molecule is O=C(NC[C@@H]1CCCO1)c1c[nH]cc1-c1ccc(Cl)s1. The Labute approximate surface area is 126 Å². The van der Waals surface area contributed by atoms with Crippen LogP contribution in [0.1, 0.15) is 23.2 Å². The highest BCUT2D eigenvalue weighted by atomic mass is 35.5. The van der Waals surface area contributed by atoms with Crippen LogP contribution in [0.25, 0.3) is 10.4 Å². The summed E-state index contributed by atoms with van der Waals surface area (Å²) in [6, 6.07) is 3.76. The van der Waals surface area contributed by atoms with Gasteiger partial charge in [0.2, 0.25) is 0 Å². The van der Waals surface area contributed by atoms with Crippen LogP contribution in [0, 0.1) is 0 Å². The molecule has 106 valence electrons.